The van der Waals surface area contributed by atoms with Crippen molar-refractivity contribution in [1.82, 2.24) is 0 Å². The molecule has 5 nitrogen and oxygen atoms in total. The Morgan fingerprint density at radius 3 is 1.44 bits per heavy atom. The molecule has 0 aromatic rings. The molecule has 0 aromatic carbocycles. The van der Waals surface area contributed by atoms with Crippen molar-refractivity contribution in [1.29, 1.82) is 0 Å². The van der Waals surface area contributed by atoms with Gasteiger partial charge in [-0.1, -0.05) is 0 Å². The van der Waals surface area contributed by atoms with Crippen LogP contribution in [0.2, 0.25) is 0 Å². The van der Waals surface area contributed by atoms with Crippen molar-refractivity contribution < 1.29 is 96.7 Å². The highest BCUT2D eigenvalue weighted by molar-refractivity contribution is 7.87. The molecule has 1 unspecified atom stereocenters. The van der Waals surface area contributed by atoms with Gasteiger partial charge >= 0.3 is 64.2 Å². The monoisotopic (exact) mass is 544 g/mol. The molecule has 0 N–H and O–H groups in total. The molecule has 0 saturated carbocycles. The third-order valence-electron chi connectivity index (χ3n) is 2.50. The minimum atomic E-state index is -8.28. The topological polar surface area (TPSA) is 61.8 Å². The van der Waals surface area contributed by atoms with Crippen molar-refractivity contribution in [2.45, 2.75) is 42.0 Å². The van der Waals surface area contributed by atoms with Crippen LogP contribution in [0.15, 0.2) is 12.1 Å². The zero-order chi connectivity index (χ0) is 26.4. The van der Waals surface area contributed by atoms with Crippen molar-refractivity contribution in [3.05, 3.63) is 12.1 Å². The number of hydrogen-bond acceptors (Lipinski definition) is 5. The van der Waals surface area contributed by atoms with Crippen molar-refractivity contribution in [2.75, 3.05) is 0 Å². The van der Waals surface area contributed by atoms with Crippen molar-refractivity contribution in [3.63, 3.8) is 0 Å². The molecule has 0 aliphatic carbocycles. The van der Waals surface area contributed by atoms with Gasteiger partial charge in [-0.05, 0) is 0 Å². The number of halogens is 17. The molecule has 32 heavy (non-hydrogen) atoms. The van der Waals surface area contributed by atoms with Crippen LogP contribution in [-0.4, -0.2) is 50.5 Å². The van der Waals surface area contributed by atoms with E-state index >= 15 is 0 Å². The van der Waals surface area contributed by atoms with Gasteiger partial charge in [-0.15, -0.1) is 0 Å². The van der Waals surface area contributed by atoms with Gasteiger partial charge in [0.2, 0.25) is 0 Å². The average molecular weight is 544 g/mol. The Balaban J connectivity index is 6.51. The summed E-state index contributed by atoms with van der Waals surface area (Å²) in [6.07, 6.45) is -39.2. The lowest BCUT2D eigenvalue weighted by molar-refractivity contribution is -0.510. The highest BCUT2D eigenvalue weighted by atomic mass is 32.2. The first-order valence-electron chi connectivity index (χ1n) is 6.28. The molecule has 0 heterocycles. The number of alkyl halides is 14. The van der Waals surface area contributed by atoms with E-state index in [1.807, 2.05) is 0 Å². The van der Waals surface area contributed by atoms with Crippen LogP contribution < -0.4 is 0 Å². The molecular formula is C9HF17O5S. The summed E-state index contributed by atoms with van der Waals surface area (Å²) in [6, 6.07) is -4.10. The predicted molar refractivity (Wildman–Crippen MR) is 58.2 cm³/mol. The summed E-state index contributed by atoms with van der Waals surface area (Å²) in [7, 11) is -8.28. The van der Waals surface area contributed by atoms with Crippen LogP contribution in [-0.2, 0) is 23.8 Å². The van der Waals surface area contributed by atoms with Gasteiger partial charge in [0.05, 0.1) is 0 Å². The molecule has 0 saturated heterocycles. The van der Waals surface area contributed by atoms with Crippen LogP contribution in [0, 0.1) is 0 Å². The molecule has 0 bridgehead atoms. The quantitative estimate of drug-likeness (QED) is 0.213. The lowest BCUT2D eigenvalue weighted by Gasteiger charge is -2.36. The normalized spacial score (nSPS) is 16.7. The van der Waals surface area contributed by atoms with Gasteiger partial charge in [0.1, 0.15) is 0 Å². The van der Waals surface area contributed by atoms with Crippen LogP contribution in [0.5, 0.6) is 0 Å². The third kappa shape index (κ3) is 5.58. The van der Waals surface area contributed by atoms with Crippen LogP contribution in [0.4, 0.5) is 74.6 Å². The predicted octanol–water partition coefficient (Wildman–Crippen LogP) is 5.27. The largest absolute Gasteiger partial charge is 0.471 e. The number of ether oxygens (including phenoxy) is 2. The summed E-state index contributed by atoms with van der Waals surface area (Å²) in [5, 5.41) is -7.79. The molecule has 23 heteroatoms. The Bertz CT molecular complexity index is 813. The third-order valence-corrected chi connectivity index (χ3v) is 3.81. The van der Waals surface area contributed by atoms with Crippen molar-refractivity contribution in [2.24, 2.45) is 0 Å². The molecule has 0 amide bonds. The van der Waals surface area contributed by atoms with Crippen molar-refractivity contribution in [3.8, 4) is 0 Å². The van der Waals surface area contributed by atoms with Gasteiger partial charge in [0, 0.05) is 0 Å². The van der Waals surface area contributed by atoms with Crippen LogP contribution in [0.1, 0.15) is 0 Å². The average Bonchev–Trinajstić information content (AvgIpc) is 2.50. The summed E-state index contributed by atoms with van der Waals surface area (Å²) in [6.45, 7) is 0. The maximum atomic E-state index is 13.6. The summed E-state index contributed by atoms with van der Waals surface area (Å²) in [5.74, 6) is -7.82. The highest BCUT2D eigenvalue weighted by Gasteiger charge is 2.83. The van der Waals surface area contributed by atoms with Gasteiger partial charge in [-0.3, -0.25) is 4.74 Å². The molecule has 0 aliphatic rings. The minimum Gasteiger partial charge on any atom is -0.398 e. The lowest BCUT2D eigenvalue weighted by Crippen LogP contribution is -2.64. The van der Waals surface area contributed by atoms with Gasteiger partial charge in [0.15, 0.2) is 0 Å². The Labute approximate surface area is 162 Å². The van der Waals surface area contributed by atoms with Gasteiger partial charge in [-0.2, -0.15) is 78.5 Å². The molecule has 0 spiro atoms. The SMILES string of the molecule is O=S(=O)(OC(F)(F)C(F)F)C(F)(F)C(F)(F)OC(F)(C(F)(F)F)C(F)(F)OC(F)=C(F)F. The molecule has 192 valence electrons. The summed E-state index contributed by atoms with van der Waals surface area (Å²) in [4.78, 5) is 0. The van der Waals surface area contributed by atoms with E-state index in [9.17, 15) is 83.1 Å². The fourth-order valence-corrected chi connectivity index (χ4v) is 1.92. The summed E-state index contributed by atoms with van der Waals surface area (Å²) >= 11 is 0. The smallest absolute Gasteiger partial charge is 0.398 e. The molecule has 0 rings (SSSR count). The maximum Gasteiger partial charge on any atom is 0.471 e. The van der Waals surface area contributed by atoms with E-state index in [-0.39, 0.29) is 0 Å². The highest BCUT2D eigenvalue weighted by Crippen LogP contribution is 2.54. The maximum absolute atomic E-state index is 13.6. The molecule has 0 aromatic heterocycles. The molecule has 0 radical (unpaired) electrons. The van der Waals surface area contributed by atoms with E-state index in [1.54, 1.807) is 8.92 Å². The zero-order valence-electron chi connectivity index (χ0n) is 13.5. The summed E-state index contributed by atoms with van der Waals surface area (Å²) < 4.78 is 241. The molecular weight excluding hydrogens is 543 g/mol. The second-order valence-electron chi connectivity index (χ2n) is 4.78. The first-order chi connectivity index (χ1) is 13.7. The fraction of sp³-hybridized carbons (Fsp3) is 0.778. The second-order valence-corrected chi connectivity index (χ2v) is 6.37. The van der Waals surface area contributed by atoms with Gasteiger partial charge in [0.25, 0.3) is 0 Å². The van der Waals surface area contributed by atoms with Gasteiger partial charge < -0.3 is 4.74 Å². The van der Waals surface area contributed by atoms with Crippen LogP contribution >= 0.6 is 0 Å². The van der Waals surface area contributed by atoms with Gasteiger partial charge in [-0.25, -0.2) is 8.78 Å². The number of rotatable bonds is 10. The lowest BCUT2D eigenvalue weighted by atomic mass is 10.2. The van der Waals surface area contributed by atoms with E-state index in [0.717, 1.165) is 0 Å². The van der Waals surface area contributed by atoms with E-state index in [1.165, 1.54) is 4.74 Å². The van der Waals surface area contributed by atoms with E-state index < -0.39 is 64.2 Å². The van der Waals surface area contributed by atoms with Crippen molar-refractivity contribution >= 4 is 10.1 Å². The Morgan fingerprint density at radius 1 is 0.719 bits per heavy atom. The first-order valence-corrected chi connectivity index (χ1v) is 7.69. The Morgan fingerprint density at radius 2 is 1.12 bits per heavy atom. The first kappa shape index (κ1) is 30.2. The Kier molecular flexibility index (Phi) is 8.06. The number of hydrogen-bond donors (Lipinski definition) is 0. The molecule has 0 aliphatic heterocycles. The zero-order valence-corrected chi connectivity index (χ0v) is 14.3. The second kappa shape index (κ2) is 8.53. The Hall–Kier alpha value is -1.78. The minimum absolute atomic E-state index is 1.39. The van der Waals surface area contributed by atoms with E-state index in [0.29, 0.717) is 0 Å². The summed E-state index contributed by atoms with van der Waals surface area (Å²) in [5.41, 5.74) is 0. The fourth-order valence-electron chi connectivity index (χ4n) is 1.12. The van der Waals surface area contributed by atoms with E-state index in [4.69, 9.17) is 0 Å². The van der Waals surface area contributed by atoms with E-state index in [2.05, 4.69) is 0 Å². The van der Waals surface area contributed by atoms with Crippen LogP contribution in [0.25, 0.3) is 0 Å². The molecule has 1 atom stereocenters. The standard InChI is InChI=1S/C9HF17O5S/c10-1(11)2(12)29-7(21,22)5(17,6(18,19)20)30-8(23,24)9(25,26)32(27,28)31-4(15,16)3(13)14/h3H. The molecule has 0 fully saturated rings. The van der Waals surface area contributed by atoms with Crippen LogP contribution in [0.3, 0.4) is 0 Å².